The van der Waals surface area contributed by atoms with Crippen molar-refractivity contribution in [1.29, 1.82) is 0 Å². The van der Waals surface area contributed by atoms with Gasteiger partial charge in [0.15, 0.2) is 10.8 Å². The average Bonchev–Trinajstić information content (AvgIpc) is 2.98. The first-order valence-electron chi connectivity index (χ1n) is 8.04. The zero-order chi connectivity index (χ0) is 17.2. The van der Waals surface area contributed by atoms with Crippen molar-refractivity contribution in [3.8, 4) is 0 Å². The molecule has 132 valence electrons. The summed E-state index contributed by atoms with van der Waals surface area (Å²) in [5.41, 5.74) is 0.385. The quantitative estimate of drug-likeness (QED) is 0.723. The standard InChI is InChI=1S/C15H22N4O3S2/c1-12(2)5-11-23-15-17-16-14-13(4-3-6-19(14)15)24(20,21)18-7-9-22-10-8-18/h3-4,6,12H,5,7-11H2,1-2H3. The van der Waals surface area contributed by atoms with Gasteiger partial charge in [-0.25, -0.2) is 8.42 Å². The lowest BCUT2D eigenvalue weighted by Gasteiger charge is -2.26. The minimum absolute atomic E-state index is 0.204. The molecule has 0 aliphatic carbocycles. The van der Waals surface area contributed by atoms with Gasteiger partial charge < -0.3 is 4.74 Å². The molecule has 0 saturated carbocycles. The first-order valence-corrected chi connectivity index (χ1v) is 10.5. The molecule has 0 spiro atoms. The molecule has 7 nitrogen and oxygen atoms in total. The highest BCUT2D eigenvalue weighted by Gasteiger charge is 2.29. The summed E-state index contributed by atoms with van der Waals surface area (Å²) < 4.78 is 34.2. The maximum atomic E-state index is 12.9. The average molecular weight is 371 g/mol. The minimum atomic E-state index is -3.59. The summed E-state index contributed by atoms with van der Waals surface area (Å²) in [5.74, 6) is 1.55. The lowest BCUT2D eigenvalue weighted by Crippen LogP contribution is -2.40. The van der Waals surface area contributed by atoms with Crippen molar-refractivity contribution in [2.45, 2.75) is 30.3 Å². The molecule has 0 radical (unpaired) electrons. The Morgan fingerprint density at radius 3 is 2.75 bits per heavy atom. The molecule has 24 heavy (non-hydrogen) atoms. The lowest BCUT2D eigenvalue weighted by atomic mass is 10.2. The summed E-state index contributed by atoms with van der Waals surface area (Å²) in [6, 6.07) is 3.33. The zero-order valence-corrected chi connectivity index (χ0v) is 15.5. The third-order valence-electron chi connectivity index (χ3n) is 3.88. The number of ether oxygens (including phenoxy) is 1. The number of thioether (sulfide) groups is 1. The van der Waals surface area contributed by atoms with Crippen LogP contribution in [0.2, 0.25) is 0 Å². The van der Waals surface area contributed by atoms with Gasteiger partial charge in [-0.15, -0.1) is 10.2 Å². The molecule has 2 aromatic rings. The van der Waals surface area contributed by atoms with Crippen LogP contribution in [0.15, 0.2) is 28.4 Å². The first-order chi connectivity index (χ1) is 11.5. The van der Waals surface area contributed by atoms with Crippen molar-refractivity contribution in [1.82, 2.24) is 18.9 Å². The Labute approximate surface area is 146 Å². The molecular weight excluding hydrogens is 348 g/mol. The molecule has 0 atom stereocenters. The molecule has 1 aliphatic rings. The van der Waals surface area contributed by atoms with Crippen LogP contribution in [0.1, 0.15) is 20.3 Å². The summed E-state index contributed by atoms with van der Waals surface area (Å²) in [6.45, 7) is 5.93. The predicted octanol–water partition coefficient (Wildman–Crippen LogP) is 1.89. The molecule has 3 rings (SSSR count). The van der Waals surface area contributed by atoms with Crippen LogP contribution in [-0.4, -0.2) is 59.4 Å². The third kappa shape index (κ3) is 3.58. The van der Waals surface area contributed by atoms with Gasteiger partial charge in [-0.1, -0.05) is 25.6 Å². The van der Waals surface area contributed by atoms with Crippen LogP contribution in [0.3, 0.4) is 0 Å². The fourth-order valence-corrected chi connectivity index (χ4v) is 5.17. The van der Waals surface area contributed by atoms with Crippen molar-refractivity contribution in [2.75, 3.05) is 32.1 Å². The summed E-state index contributed by atoms with van der Waals surface area (Å²) in [6.07, 6.45) is 2.89. The number of hydrogen-bond donors (Lipinski definition) is 0. The van der Waals surface area contributed by atoms with Gasteiger partial charge in [0.2, 0.25) is 10.0 Å². The third-order valence-corrected chi connectivity index (χ3v) is 6.78. The van der Waals surface area contributed by atoms with Crippen LogP contribution >= 0.6 is 11.8 Å². The fraction of sp³-hybridized carbons (Fsp3) is 0.600. The topological polar surface area (TPSA) is 76.8 Å². The van der Waals surface area contributed by atoms with Gasteiger partial charge >= 0.3 is 0 Å². The Kier molecular flexibility index (Phi) is 5.43. The van der Waals surface area contributed by atoms with E-state index in [1.54, 1.807) is 28.3 Å². The van der Waals surface area contributed by atoms with Gasteiger partial charge in [0.25, 0.3) is 0 Å². The molecule has 1 fully saturated rings. The predicted molar refractivity (Wildman–Crippen MR) is 92.7 cm³/mol. The zero-order valence-electron chi connectivity index (χ0n) is 13.9. The summed E-state index contributed by atoms with van der Waals surface area (Å²) in [7, 11) is -3.59. The molecule has 2 aromatic heterocycles. The Hall–Kier alpha value is -1.16. The lowest BCUT2D eigenvalue weighted by molar-refractivity contribution is 0.0730. The van der Waals surface area contributed by atoms with Gasteiger partial charge in [0, 0.05) is 25.0 Å². The SMILES string of the molecule is CC(C)CCSc1nnc2c(S(=O)(=O)N3CCOCC3)cccn12. The second kappa shape index (κ2) is 7.38. The number of morpholine rings is 1. The number of pyridine rings is 1. The highest BCUT2D eigenvalue weighted by atomic mass is 32.2. The molecule has 0 amide bonds. The van der Waals surface area contributed by atoms with E-state index in [-0.39, 0.29) is 4.90 Å². The van der Waals surface area contributed by atoms with Gasteiger partial charge in [-0.3, -0.25) is 4.40 Å². The van der Waals surface area contributed by atoms with E-state index in [1.807, 2.05) is 6.20 Å². The van der Waals surface area contributed by atoms with Crippen molar-refractivity contribution < 1.29 is 13.2 Å². The number of hydrogen-bond acceptors (Lipinski definition) is 6. The Morgan fingerprint density at radius 1 is 1.29 bits per heavy atom. The smallest absolute Gasteiger partial charge is 0.247 e. The number of aromatic nitrogens is 3. The van der Waals surface area contributed by atoms with Crippen molar-refractivity contribution >= 4 is 27.4 Å². The summed E-state index contributed by atoms with van der Waals surface area (Å²) in [4.78, 5) is 0.204. The van der Waals surface area contributed by atoms with E-state index >= 15 is 0 Å². The van der Waals surface area contributed by atoms with E-state index in [0.717, 1.165) is 17.3 Å². The van der Waals surface area contributed by atoms with Gasteiger partial charge in [0.1, 0.15) is 4.90 Å². The summed E-state index contributed by atoms with van der Waals surface area (Å²) >= 11 is 1.60. The maximum absolute atomic E-state index is 12.9. The van der Waals surface area contributed by atoms with Crippen LogP contribution in [0.4, 0.5) is 0 Å². The maximum Gasteiger partial charge on any atom is 0.247 e. The van der Waals surface area contributed by atoms with E-state index in [4.69, 9.17) is 4.74 Å². The Balaban J connectivity index is 1.90. The van der Waals surface area contributed by atoms with Crippen molar-refractivity contribution in [3.63, 3.8) is 0 Å². The van der Waals surface area contributed by atoms with Gasteiger partial charge in [-0.05, 0) is 24.5 Å². The van der Waals surface area contributed by atoms with Crippen LogP contribution in [0.25, 0.3) is 5.65 Å². The highest BCUT2D eigenvalue weighted by molar-refractivity contribution is 7.99. The molecule has 3 heterocycles. The largest absolute Gasteiger partial charge is 0.379 e. The Morgan fingerprint density at radius 2 is 2.04 bits per heavy atom. The van der Waals surface area contributed by atoms with Crippen molar-refractivity contribution in [2.24, 2.45) is 5.92 Å². The van der Waals surface area contributed by atoms with E-state index in [9.17, 15) is 8.42 Å². The normalized spacial score (nSPS) is 17.0. The van der Waals surface area contributed by atoms with E-state index in [2.05, 4.69) is 24.0 Å². The second-order valence-corrected chi connectivity index (χ2v) is 9.06. The molecule has 0 N–H and O–H groups in total. The minimum Gasteiger partial charge on any atom is -0.379 e. The monoisotopic (exact) mass is 370 g/mol. The number of nitrogens with zero attached hydrogens (tertiary/aromatic N) is 4. The number of fused-ring (bicyclic) bond motifs is 1. The fourth-order valence-electron chi connectivity index (χ4n) is 2.48. The molecule has 0 aromatic carbocycles. The van der Waals surface area contributed by atoms with Gasteiger partial charge in [0.05, 0.1) is 13.2 Å². The van der Waals surface area contributed by atoms with Gasteiger partial charge in [-0.2, -0.15) is 4.31 Å². The Bertz CT molecular complexity index is 798. The highest BCUT2D eigenvalue weighted by Crippen LogP contribution is 2.25. The first kappa shape index (κ1) is 17.7. The number of rotatable bonds is 6. The second-order valence-electron chi connectivity index (χ2n) is 6.10. The van der Waals surface area contributed by atoms with E-state index < -0.39 is 10.0 Å². The van der Waals surface area contributed by atoms with Crippen LogP contribution in [-0.2, 0) is 14.8 Å². The van der Waals surface area contributed by atoms with Crippen LogP contribution < -0.4 is 0 Å². The van der Waals surface area contributed by atoms with Crippen LogP contribution in [0, 0.1) is 5.92 Å². The molecular formula is C15H22N4O3S2. The van der Waals surface area contributed by atoms with E-state index in [0.29, 0.717) is 37.9 Å². The van der Waals surface area contributed by atoms with E-state index in [1.165, 1.54) is 4.31 Å². The summed E-state index contributed by atoms with van der Waals surface area (Å²) in [5, 5.41) is 9.04. The molecule has 0 bridgehead atoms. The molecule has 0 unspecified atom stereocenters. The molecule has 1 saturated heterocycles. The van der Waals surface area contributed by atoms with Crippen LogP contribution in [0.5, 0.6) is 0 Å². The number of sulfonamides is 1. The molecule has 1 aliphatic heterocycles. The molecule has 9 heteroatoms. The van der Waals surface area contributed by atoms with Crippen molar-refractivity contribution in [3.05, 3.63) is 18.3 Å².